The van der Waals surface area contributed by atoms with Crippen molar-refractivity contribution in [2.45, 2.75) is 46.5 Å². The lowest BCUT2D eigenvalue weighted by Gasteiger charge is -2.08. The van der Waals surface area contributed by atoms with Crippen LogP contribution in [0.1, 0.15) is 47.9 Å². The predicted octanol–water partition coefficient (Wildman–Crippen LogP) is 4.27. The van der Waals surface area contributed by atoms with E-state index in [1.54, 1.807) is 5.56 Å². The molecular weight excluding hydrogens is 164 g/mol. The van der Waals surface area contributed by atoms with Gasteiger partial charge >= 0.3 is 0 Å². The first-order valence-electron chi connectivity index (χ1n) is 4.72. The van der Waals surface area contributed by atoms with Crippen LogP contribution in [0, 0.1) is 13.8 Å². The van der Waals surface area contributed by atoms with Gasteiger partial charge < -0.3 is 0 Å². The molecule has 0 aromatic carbocycles. The van der Waals surface area contributed by atoms with E-state index in [1.807, 2.05) is 11.3 Å². The van der Waals surface area contributed by atoms with Gasteiger partial charge in [-0.3, -0.25) is 0 Å². The highest BCUT2D eigenvalue weighted by molar-refractivity contribution is 7.12. The summed E-state index contributed by atoms with van der Waals surface area (Å²) >= 11 is 1.92. The molecule has 1 aromatic rings. The molecule has 1 unspecified atom stereocenters. The van der Waals surface area contributed by atoms with E-state index < -0.39 is 0 Å². The molecule has 0 aliphatic heterocycles. The van der Waals surface area contributed by atoms with Crippen LogP contribution in [-0.4, -0.2) is 0 Å². The van der Waals surface area contributed by atoms with Crippen LogP contribution in [0.2, 0.25) is 0 Å². The second-order valence-electron chi connectivity index (χ2n) is 3.56. The van der Waals surface area contributed by atoms with E-state index in [4.69, 9.17) is 0 Å². The van der Waals surface area contributed by atoms with Gasteiger partial charge in [0.05, 0.1) is 0 Å². The standard InChI is InChI=1S/C11H18S/c1-5-6-8(2)11-7-9(3)12-10(11)4/h7-8H,5-6H2,1-4H3. The third-order valence-electron chi connectivity index (χ3n) is 2.33. The van der Waals surface area contributed by atoms with Crippen molar-refractivity contribution in [1.82, 2.24) is 0 Å². The van der Waals surface area contributed by atoms with Crippen LogP contribution in [0.15, 0.2) is 6.07 Å². The molecule has 0 bridgehead atoms. The van der Waals surface area contributed by atoms with Crippen LogP contribution in [0.4, 0.5) is 0 Å². The van der Waals surface area contributed by atoms with Crippen molar-refractivity contribution >= 4 is 11.3 Å². The summed E-state index contributed by atoms with van der Waals surface area (Å²) in [6.07, 6.45) is 2.60. The summed E-state index contributed by atoms with van der Waals surface area (Å²) in [5, 5.41) is 0. The summed E-state index contributed by atoms with van der Waals surface area (Å²) < 4.78 is 0. The normalized spacial score (nSPS) is 13.3. The summed E-state index contributed by atoms with van der Waals surface area (Å²) in [6, 6.07) is 2.35. The van der Waals surface area contributed by atoms with E-state index in [9.17, 15) is 0 Å². The van der Waals surface area contributed by atoms with Gasteiger partial charge in [-0.05, 0) is 37.8 Å². The Labute approximate surface area is 79.6 Å². The third kappa shape index (κ3) is 2.10. The average Bonchev–Trinajstić information content (AvgIpc) is 2.30. The van der Waals surface area contributed by atoms with Gasteiger partial charge in [-0.25, -0.2) is 0 Å². The van der Waals surface area contributed by atoms with E-state index in [-0.39, 0.29) is 0 Å². The molecule has 1 rings (SSSR count). The molecule has 1 aromatic heterocycles. The van der Waals surface area contributed by atoms with Crippen molar-refractivity contribution in [2.75, 3.05) is 0 Å². The number of hydrogen-bond donors (Lipinski definition) is 0. The second-order valence-corrected chi connectivity index (χ2v) is 5.02. The number of aryl methyl sites for hydroxylation is 2. The summed E-state index contributed by atoms with van der Waals surface area (Å²) in [4.78, 5) is 2.96. The van der Waals surface area contributed by atoms with Crippen LogP contribution in [0.5, 0.6) is 0 Å². The summed E-state index contributed by atoms with van der Waals surface area (Å²) in [5.74, 6) is 0.750. The van der Waals surface area contributed by atoms with Gasteiger partial charge in [0, 0.05) is 9.75 Å². The Morgan fingerprint density at radius 1 is 1.42 bits per heavy atom. The van der Waals surface area contributed by atoms with Crippen LogP contribution in [0.3, 0.4) is 0 Å². The van der Waals surface area contributed by atoms with Crippen molar-refractivity contribution in [3.8, 4) is 0 Å². The first-order chi connectivity index (χ1) is 5.65. The van der Waals surface area contributed by atoms with Crippen molar-refractivity contribution in [3.63, 3.8) is 0 Å². The van der Waals surface area contributed by atoms with Crippen molar-refractivity contribution < 1.29 is 0 Å². The number of thiophene rings is 1. The van der Waals surface area contributed by atoms with Gasteiger partial charge in [0.1, 0.15) is 0 Å². The minimum absolute atomic E-state index is 0.750. The lowest BCUT2D eigenvalue weighted by atomic mass is 9.97. The molecule has 0 radical (unpaired) electrons. The van der Waals surface area contributed by atoms with Gasteiger partial charge in [0.25, 0.3) is 0 Å². The SMILES string of the molecule is CCCC(C)c1cc(C)sc1C. The van der Waals surface area contributed by atoms with Gasteiger partial charge in [-0.2, -0.15) is 0 Å². The van der Waals surface area contributed by atoms with Gasteiger partial charge in [-0.15, -0.1) is 11.3 Å². The molecular formula is C11H18S. The lowest BCUT2D eigenvalue weighted by molar-refractivity contribution is 0.664. The van der Waals surface area contributed by atoms with Gasteiger partial charge in [0.15, 0.2) is 0 Å². The molecule has 0 aliphatic carbocycles. The van der Waals surface area contributed by atoms with Crippen LogP contribution >= 0.6 is 11.3 Å². The minimum Gasteiger partial charge on any atom is -0.146 e. The molecule has 0 nitrogen and oxygen atoms in total. The highest BCUT2D eigenvalue weighted by Gasteiger charge is 2.09. The van der Waals surface area contributed by atoms with Crippen LogP contribution in [0.25, 0.3) is 0 Å². The molecule has 0 saturated carbocycles. The Morgan fingerprint density at radius 2 is 2.08 bits per heavy atom. The number of rotatable bonds is 3. The zero-order valence-electron chi connectivity index (χ0n) is 8.48. The zero-order chi connectivity index (χ0) is 9.14. The summed E-state index contributed by atoms with van der Waals surface area (Å²) in [5.41, 5.74) is 1.57. The topological polar surface area (TPSA) is 0 Å². The Balaban J connectivity index is 2.79. The average molecular weight is 182 g/mol. The van der Waals surface area contributed by atoms with E-state index in [2.05, 4.69) is 33.8 Å². The molecule has 0 spiro atoms. The highest BCUT2D eigenvalue weighted by Crippen LogP contribution is 2.29. The molecule has 12 heavy (non-hydrogen) atoms. The van der Waals surface area contributed by atoms with Crippen LogP contribution in [-0.2, 0) is 0 Å². The molecule has 0 fully saturated rings. The molecule has 0 amide bonds. The quantitative estimate of drug-likeness (QED) is 0.655. The molecule has 1 atom stereocenters. The molecule has 0 N–H and O–H groups in total. The minimum atomic E-state index is 0.750. The van der Waals surface area contributed by atoms with Crippen LogP contribution < -0.4 is 0 Å². The highest BCUT2D eigenvalue weighted by atomic mass is 32.1. The Kier molecular flexibility index (Phi) is 3.33. The van der Waals surface area contributed by atoms with Gasteiger partial charge in [-0.1, -0.05) is 20.3 Å². The maximum absolute atomic E-state index is 2.35. The monoisotopic (exact) mass is 182 g/mol. The third-order valence-corrected chi connectivity index (χ3v) is 3.31. The Hall–Kier alpha value is -0.300. The summed E-state index contributed by atoms with van der Waals surface area (Å²) in [7, 11) is 0. The fourth-order valence-electron chi connectivity index (χ4n) is 1.73. The van der Waals surface area contributed by atoms with Gasteiger partial charge in [0.2, 0.25) is 0 Å². The lowest BCUT2D eigenvalue weighted by Crippen LogP contribution is -1.91. The van der Waals surface area contributed by atoms with Crippen molar-refractivity contribution in [3.05, 3.63) is 21.4 Å². The summed E-state index contributed by atoms with van der Waals surface area (Å²) in [6.45, 7) is 9.02. The molecule has 1 heterocycles. The molecule has 0 saturated heterocycles. The van der Waals surface area contributed by atoms with E-state index in [0.717, 1.165) is 5.92 Å². The Bertz CT molecular complexity index is 248. The zero-order valence-corrected chi connectivity index (χ0v) is 9.29. The Morgan fingerprint density at radius 3 is 2.50 bits per heavy atom. The fourth-order valence-corrected chi connectivity index (χ4v) is 2.78. The molecule has 1 heteroatoms. The first-order valence-corrected chi connectivity index (χ1v) is 5.53. The first kappa shape index (κ1) is 9.79. The fraction of sp³-hybridized carbons (Fsp3) is 0.636. The van der Waals surface area contributed by atoms with Crippen molar-refractivity contribution in [2.24, 2.45) is 0 Å². The second kappa shape index (κ2) is 4.08. The largest absolute Gasteiger partial charge is 0.146 e. The molecule has 68 valence electrons. The maximum Gasteiger partial charge on any atom is 0.00517 e. The smallest absolute Gasteiger partial charge is 0.00517 e. The maximum atomic E-state index is 2.35. The van der Waals surface area contributed by atoms with E-state index >= 15 is 0 Å². The number of hydrogen-bond acceptors (Lipinski definition) is 1. The van der Waals surface area contributed by atoms with E-state index in [1.165, 1.54) is 22.6 Å². The van der Waals surface area contributed by atoms with E-state index in [0.29, 0.717) is 0 Å². The molecule has 0 aliphatic rings. The van der Waals surface area contributed by atoms with Crippen molar-refractivity contribution in [1.29, 1.82) is 0 Å². The predicted molar refractivity (Wildman–Crippen MR) is 57.1 cm³/mol.